The highest BCUT2D eigenvalue weighted by molar-refractivity contribution is 7.99. The molecule has 2 aromatic heterocycles. The Morgan fingerprint density at radius 1 is 1.11 bits per heavy atom. The number of aliphatic hydroxyl groups excluding tert-OH is 1. The Bertz CT molecular complexity index is 804. The van der Waals surface area contributed by atoms with Crippen LogP contribution in [0.5, 0.6) is 0 Å². The van der Waals surface area contributed by atoms with Crippen molar-refractivity contribution >= 4 is 23.1 Å². The second-order valence-electron chi connectivity index (χ2n) is 6.72. The predicted molar refractivity (Wildman–Crippen MR) is 111 cm³/mol. The van der Waals surface area contributed by atoms with Crippen LogP contribution >= 0.6 is 23.1 Å². The lowest BCUT2D eigenvalue weighted by molar-refractivity contribution is 0.0364. The lowest BCUT2D eigenvalue weighted by Crippen LogP contribution is -2.20. The molecule has 0 saturated carbocycles. The summed E-state index contributed by atoms with van der Waals surface area (Å²) in [6.07, 6.45) is 0.204. The van der Waals surface area contributed by atoms with E-state index in [1.165, 1.54) is 16.6 Å². The molecule has 0 aliphatic rings. The van der Waals surface area contributed by atoms with E-state index in [-0.39, 0.29) is 0 Å². The first-order chi connectivity index (χ1) is 13.1. The molecule has 0 aliphatic heterocycles. The Balaban J connectivity index is 1.72. The lowest BCUT2D eigenvalue weighted by atomic mass is 10.2. The van der Waals surface area contributed by atoms with Crippen LogP contribution in [0.15, 0.2) is 53.0 Å². The van der Waals surface area contributed by atoms with E-state index in [1.807, 2.05) is 36.4 Å². The fraction of sp³-hybridized carbons (Fsp3) is 0.400. The molecule has 7 heteroatoms. The molecule has 144 valence electrons. The molecule has 1 unspecified atom stereocenters. The fourth-order valence-electron chi connectivity index (χ4n) is 2.57. The monoisotopic (exact) mass is 403 g/mol. The Kier molecular flexibility index (Phi) is 7.46. The van der Waals surface area contributed by atoms with E-state index in [1.54, 1.807) is 11.3 Å². The van der Waals surface area contributed by atoms with E-state index in [2.05, 4.69) is 40.1 Å². The first-order valence-electron chi connectivity index (χ1n) is 9.04. The molecule has 3 aromatic rings. The molecule has 0 aliphatic carbocycles. The predicted octanol–water partition coefficient (Wildman–Crippen LogP) is 4.05. The lowest BCUT2D eigenvalue weighted by Gasteiger charge is -2.13. The van der Waals surface area contributed by atoms with Crippen molar-refractivity contribution in [2.75, 3.05) is 19.0 Å². The van der Waals surface area contributed by atoms with Gasteiger partial charge in [-0.1, -0.05) is 49.9 Å². The molecule has 0 radical (unpaired) electrons. The largest absolute Gasteiger partial charge is 0.390 e. The highest BCUT2D eigenvalue weighted by atomic mass is 32.2. The number of ether oxygens (including phenoxy) is 1. The summed E-state index contributed by atoms with van der Waals surface area (Å²) in [6, 6.07) is 14.3. The van der Waals surface area contributed by atoms with Gasteiger partial charge in [-0.15, -0.1) is 21.5 Å². The Hall–Kier alpha value is -1.67. The maximum absolute atomic E-state index is 10.2. The van der Waals surface area contributed by atoms with Crippen molar-refractivity contribution in [3.05, 3.63) is 58.5 Å². The highest BCUT2D eigenvalue weighted by Crippen LogP contribution is 2.25. The first-order valence-corrected chi connectivity index (χ1v) is 10.9. The van der Waals surface area contributed by atoms with Gasteiger partial charge in [0.05, 0.1) is 12.7 Å². The van der Waals surface area contributed by atoms with Crippen molar-refractivity contribution in [1.29, 1.82) is 0 Å². The first kappa shape index (κ1) is 20.1. The third-order valence-corrected chi connectivity index (χ3v) is 5.74. The minimum absolute atomic E-state index is 0.340. The van der Waals surface area contributed by atoms with Gasteiger partial charge >= 0.3 is 0 Å². The second-order valence-corrected chi connectivity index (χ2v) is 8.74. The van der Waals surface area contributed by atoms with E-state index in [9.17, 15) is 5.11 Å². The maximum Gasteiger partial charge on any atom is 0.195 e. The maximum atomic E-state index is 10.2. The van der Waals surface area contributed by atoms with Crippen molar-refractivity contribution in [3.8, 4) is 5.69 Å². The summed E-state index contributed by atoms with van der Waals surface area (Å²) in [5, 5.41) is 21.9. The third kappa shape index (κ3) is 5.90. The van der Waals surface area contributed by atoms with Gasteiger partial charge in [0.2, 0.25) is 0 Å². The van der Waals surface area contributed by atoms with E-state index in [4.69, 9.17) is 4.74 Å². The zero-order chi connectivity index (χ0) is 19.1. The van der Waals surface area contributed by atoms with Gasteiger partial charge < -0.3 is 9.84 Å². The third-order valence-electron chi connectivity index (χ3n) is 3.79. The minimum Gasteiger partial charge on any atom is -0.390 e. The molecular weight excluding hydrogens is 378 g/mol. The fourth-order valence-corrected chi connectivity index (χ4v) is 4.15. The van der Waals surface area contributed by atoms with E-state index in [0.29, 0.717) is 24.9 Å². The van der Waals surface area contributed by atoms with Crippen molar-refractivity contribution in [1.82, 2.24) is 14.8 Å². The summed E-state index contributed by atoms with van der Waals surface area (Å²) in [5.74, 6) is 1.88. The average Bonchev–Trinajstić information content (AvgIpc) is 3.30. The van der Waals surface area contributed by atoms with Crippen LogP contribution in [0.4, 0.5) is 0 Å². The minimum atomic E-state index is -0.532. The number of para-hydroxylation sites is 1. The summed E-state index contributed by atoms with van der Waals surface area (Å²) in [4.78, 5) is 1.25. The molecule has 2 heterocycles. The summed E-state index contributed by atoms with van der Waals surface area (Å²) < 4.78 is 7.61. The Labute approximate surface area is 168 Å². The van der Waals surface area contributed by atoms with Crippen molar-refractivity contribution < 1.29 is 9.84 Å². The smallest absolute Gasteiger partial charge is 0.195 e. The summed E-state index contributed by atoms with van der Waals surface area (Å²) in [7, 11) is 0. The zero-order valence-electron chi connectivity index (χ0n) is 15.6. The molecule has 0 saturated heterocycles. The van der Waals surface area contributed by atoms with Gasteiger partial charge in [0.1, 0.15) is 5.82 Å². The standard InChI is InChI=1S/C20H25N3O2S2/c1-15(2)12-25-13-17(24)14-27-20-22-21-19(11-18-9-6-10-26-18)23(20)16-7-4-3-5-8-16/h3-10,15,17,24H,11-14H2,1-2H3. The van der Waals surface area contributed by atoms with E-state index >= 15 is 0 Å². The molecule has 5 nitrogen and oxygen atoms in total. The van der Waals surface area contributed by atoms with Gasteiger partial charge in [-0.05, 0) is 29.5 Å². The van der Waals surface area contributed by atoms with Gasteiger partial charge in [0.25, 0.3) is 0 Å². The Morgan fingerprint density at radius 3 is 2.63 bits per heavy atom. The molecule has 3 rings (SSSR count). The van der Waals surface area contributed by atoms with Crippen molar-refractivity contribution in [2.24, 2.45) is 5.92 Å². The van der Waals surface area contributed by atoms with Crippen LogP contribution < -0.4 is 0 Å². The molecule has 1 atom stereocenters. The molecule has 0 amide bonds. The zero-order valence-corrected chi connectivity index (χ0v) is 17.2. The molecule has 27 heavy (non-hydrogen) atoms. The van der Waals surface area contributed by atoms with Gasteiger partial charge in [0.15, 0.2) is 5.16 Å². The summed E-state index contributed by atoms with van der Waals surface area (Å²) in [6.45, 7) is 5.19. The average molecular weight is 404 g/mol. The quantitative estimate of drug-likeness (QED) is 0.518. The van der Waals surface area contributed by atoms with Crippen LogP contribution in [-0.2, 0) is 11.2 Å². The van der Waals surface area contributed by atoms with Crippen LogP contribution in [0.3, 0.4) is 0 Å². The number of benzene rings is 1. The van der Waals surface area contributed by atoms with Crippen LogP contribution in [0.2, 0.25) is 0 Å². The molecule has 0 bridgehead atoms. The number of aromatic nitrogens is 3. The molecule has 1 aromatic carbocycles. The van der Waals surface area contributed by atoms with Gasteiger partial charge in [-0.25, -0.2) is 0 Å². The number of hydrogen-bond acceptors (Lipinski definition) is 6. The summed E-state index contributed by atoms with van der Waals surface area (Å²) >= 11 is 3.22. The number of nitrogens with zero attached hydrogens (tertiary/aromatic N) is 3. The van der Waals surface area contributed by atoms with E-state index in [0.717, 1.165) is 23.1 Å². The van der Waals surface area contributed by atoms with Crippen LogP contribution in [0.25, 0.3) is 5.69 Å². The molecule has 1 N–H and O–H groups in total. The molecule has 0 fully saturated rings. The van der Waals surface area contributed by atoms with Crippen LogP contribution in [-0.4, -0.2) is 44.9 Å². The number of aliphatic hydroxyl groups is 1. The summed E-state index contributed by atoms with van der Waals surface area (Å²) in [5.41, 5.74) is 1.03. The van der Waals surface area contributed by atoms with Crippen molar-refractivity contribution in [3.63, 3.8) is 0 Å². The van der Waals surface area contributed by atoms with E-state index < -0.39 is 6.10 Å². The van der Waals surface area contributed by atoms with Gasteiger partial charge in [0, 0.05) is 29.3 Å². The topological polar surface area (TPSA) is 60.2 Å². The van der Waals surface area contributed by atoms with Crippen LogP contribution in [0.1, 0.15) is 24.5 Å². The number of thiophene rings is 1. The van der Waals surface area contributed by atoms with Gasteiger partial charge in [-0.2, -0.15) is 0 Å². The number of hydrogen-bond donors (Lipinski definition) is 1. The number of rotatable bonds is 10. The molecule has 0 spiro atoms. The van der Waals surface area contributed by atoms with Crippen molar-refractivity contribution in [2.45, 2.75) is 31.5 Å². The molecular formula is C20H25N3O2S2. The van der Waals surface area contributed by atoms with Crippen LogP contribution in [0, 0.1) is 5.92 Å². The SMILES string of the molecule is CC(C)COCC(O)CSc1nnc(Cc2cccs2)n1-c1ccccc1. The normalized spacial score (nSPS) is 12.6. The number of thioether (sulfide) groups is 1. The highest BCUT2D eigenvalue weighted by Gasteiger charge is 2.17. The Morgan fingerprint density at radius 2 is 1.93 bits per heavy atom. The van der Waals surface area contributed by atoms with Gasteiger partial charge in [-0.3, -0.25) is 4.57 Å². The second kappa shape index (κ2) is 10.0.